The average Bonchev–Trinajstić information content (AvgIpc) is 3.82. The zero-order valence-electron chi connectivity index (χ0n) is 34.3. The molecule has 8 atom stereocenters. The van der Waals surface area contributed by atoms with Crippen LogP contribution in [0.1, 0.15) is 91.5 Å². The van der Waals surface area contributed by atoms with E-state index in [1.54, 1.807) is 35.6 Å². The number of ether oxygens (including phenoxy) is 3. The number of thiazole rings is 1. The monoisotopic (exact) mass is 813 g/mol. The van der Waals surface area contributed by atoms with Gasteiger partial charge in [-0.1, -0.05) is 40.7 Å². The molecular weight excluding hydrogens is 759 g/mol. The molecule has 7 rings (SSSR count). The number of rotatable bonds is 17. The minimum Gasteiger partial charge on any atom is -0.488 e. The maximum absolute atomic E-state index is 14.8. The van der Waals surface area contributed by atoms with Crippen LogP contribution in [-0.2, 0) is 35.1 Å². The van der Waals surface area contributed by atoms with E-state index in [1.165, 1.54) is 18.2 Å². The number of aliphatic carboxylic acids is 1. The topological polar surface area (TPSA) is 162 Å². The van der Waals surface area contributed by atoms with E-state index in [2.05, 4.69) is 20.4 Å². The van der Waals surface area contributed by atoms with Gasteiger partial charge in [0.2, 0.25) is 5.91 Å². The van der Waals surface area contributed by atoms with Crippen LogP contribution in [0, 0.1) is 40.4 Å². The van der Waals surface area contributed by atoms with Crippen LogP contribution in [0.25, 0.3) is 22.3 Å². The number of amides is 1. The Morgan fingerprint density at radius 2 is 1.78 bits per heavy atom. The first kappa shape index (κ1) is 41.5. The van der Waals surface area contributed by atoms with Gasteiger partial charge >= 0.3 is 11.9 Å². The summed E-state index contributed by atoms with van der Waals surface area (Å²) in [6.45, 7) is 15.2. The van der Waals surface area contributed by atoms with Gasteiger partial charge in [-0.25, -0.2) is 9.97 Å². The maximum Gasteiger partial charge on any atom is 0.310 e. The number of hydrogen-bond acceptors (Lipinski definition) is 11. The van der Waals surface area contributed by atoms with Crippen LogP contribution in [0.4, 0.5) is 0 Å². The Kier molecular flexibility index (Phi) is 11.6. The van der Waals surface area contributed by atoms with Gasteiger partial charge in [-0.2, -0.15) is 0 Å². The number of carboxylic acids is 1. The van der Waals surface area contributed by atoms with Gasteiger partial charge in [-0.05, 0) is 73.8 Å². The second kappa shape index (κ2) is 16.2. The van der Waals surface area contributed by atoms with E-state index in [0.717, 1.165) is 24.3 Å². The summed E-state index contributed by atoms with van der Waals surface area (Å²) in [5.74, 6) is -0.874. The van der Waals surface area contributed by atoms with E-state index in [9.17, 15) is 29.1 Å². The fourth-order valence-electron chi connectivity index (χ4n) is 8.88. The molecule has 58 heavy (non-hydrogen) atoms. The molecule has 4 fully saturated rings. The van der Waals surface area contributed by atoms with Gasteiger partial charge < -0.3 is 24.2 Å². The van der Waals surface area contributed by atoms with Gasteiger partial charge in [0.05, 0.1) is 52.3 Å². The lowest BCUT2D eigenvalue weighted by Crippen LogP contribution is -2.48. The molecule has 2 aromatic heterocycles. The SMILES string of the molecule is C=CC1C[C@]1(CC(=O)[C@@H]1CC(Oc2cc(-c3csc(CC(C)C)n3)nc3cc(OCC(C)=O)ccc23)CN1C(=O)[C@@H](CC(=O)OC1C[C@@H]2C[C@@H]2C1)C(C)(C)C)C(=O)O. The van der Waals surface area contributed by atoms with E-state index in [4.69, 9.17) is 24.2 Å². The van der Waals surface area contributed by atoms with Gasteiger partial charge in [0, 0.05) is 42.2 Å². The number of esters is 1. The largest absolute Gasteiger partial charge is 0.488 e. The van der Waals surface area contributed by atoms with Crippen molar-refractivity contribution in [1.82, 2.24) is 14.9 Å². The third kappa shape index (κ3) is 8.99. The van der Waals surface area contributed by atoms with Crippen LogP contribution in [0.5, 0.6) is 11.5 Å². The molecule has 0 bridgehead atoms. The Balaban J connectivity index is 1.19. The first-order chi connectivity index (χ1) is 27.4. The van der Waals surface area contributed by atoms with Gasteiger partial charge in [-0.3, -0.25) is 24.0 Å². The highest BCUT2D eigenvalue weighted by Gasteiger charge is 2.61. The van der Waals surface area contributed by atoms with Crippen LogP contribution < -0.4 is 9.47 Å². The Hall–Kier alpha value is -4.65. The molecule has 1 aliphatic heterocycles. The number of nitrogens with zero attached hydrogens (tertiary/aromatic N) is 3. The van der Waals surface area contributed by atoms with Crippen LogP contribution in [-0.4, -0.2) is 80.8 Å². The number of hydrogen-bond donors (Lipinski definition) is 1. The van der Waals surface area contributed by atoms with Crippen LogP contribution >= 0.6 is 11.3 Å². The molecule has 1 N–H and O–H groups in total. The number of allylic oxidation sites excluding steroid dienone is 1. The van der Waals surface area contributed by atoms with Crippen molar-refractivity contribution in [2.24, 2.45) is 40.4 Å². The third-order valence-corrected chi connectivity index (χ3v) is 13.2. The molecule has 13 heteroatoms. The van der Waals surface area contributed by atoms with Crippen molar-refractivity contribution in [3.05, 3.63) is 47.3 Å². The number of fused-ring (bicyclic) bond motifs is 2. The molecule has 1 amide bonds. The van der Waals surface area contributed by atoms with Crippen molar-refractivity contribution in [2.75, 3.05) is 13.2 Å². The summed E-state index contributed by atoms with van der Waals surface area (Å²) in [5.41, 5.74) is -0.137. The number of benzene rings is 1. The van der Waals surface area contributed by atoms with E-state index in [-0.39, 0.29) is 61.9 Å². The highest BCUT2D eigenvalue weighted by atomic mass is 32.1. The summed E-state index contributed by atoms with van der Waals surface area (Å²) in [4.78, 5) is 78.0. The van der Waals surface area contributed by atoms with Crippen LogP contribution in [0.15, 0.2) is 42.3 Å². The quantitative estimate of drug-likeness (QED) is 0.106. The average molecular weight is 814 g/mol. The second-order valence-electron chi connectivity index (χ2n) is 18.5. The molecule has 1 saturated heterocycles. The third-order valence-electron chi connectivity index (χ3n) is 12.3. The lowest BCUT2D eigenvalue weighted by molar-refractivity contribution is -0.157. The summed E-state index contributed by atoms with van der Waals surface area (Å²) in [6, 6.07) is 6.12. The normalized spacial score (nSPS) is 26.6. The predicted molar refractivity (Wildman–Crippen MR) is 218 cm³/mol. The fraction of sp³-hybridized carbons (Fsp3) is 0.578. The zero-order chi connectivity index (χ0) is 41.7. The Labute approximate surface area is 343 Å². The summed E-state index contributed by atoms with van der Waals surface area (Å²) in [5, 5.41) is 13.8. The highest BCUT2D eigenvalue weighted by molar-refractivity contribution is 7.09. The van der Waals surface area contributed by atoms with Crippen molar-refractivity contribution in [3.63, 3.8) is 0 Å². The number of ketones is 2. The molecule has 0 radical (unpaired) electrons. The Bertz CT molecular complexity index is 2110. The number of carbonyl (C=O) groups excluding carboxylic acids is 4. The number of carboxylic acid groups (broad SMARTS) is 1. The summed E-state index contributed by atoms with van der Waals surface area (Å²) < 4.78 is 18.4. The molecule has 3 unspecified atom stereocenters. The van der Waals surface area contributed by atoms with Crippen molar-refractivity contribution in [1.29, 1.82) is 0 Å². The number of aromatic nitrogens is 2. The molecule has 310 valence electrons. The van der Waals surface area contributed by atoms with Gasteiger partial charge in [0.1, 0.15) is 30.3 Å². The molecule has 1 aromatic carbocycles. The number of likely N-dealkylation sites (tertiary alicyclic amines) is 1. The molecule has 3 saturated carbocycles. The first-order valence-electron chi connectivity index (χ1n) is 20.5. The van der Waals surface area contributed by atoms with Crippen LogP contribution in [0.2, 0.25) is 0 Å². The first-order valence-corrected chi connectivity index (χ1v) is 21.4. The highest BCUT2D eigenvalue weighted by Crippen LogP contribution is 2.57. The van der Waals surface area contributed by atoms with E-state index in [0.29, 0.717) is 58.0 Å². The van der Waals surface area contributed by atoms with Gasteiger partial charge in [0.25, 0.3) is 0 Å². The molecule has 3 aromatic rings. The summed E-state index contributed by atoms with van der Waals surface area (Å²) in [7, 11) is 0. The molecule has 4 aliphatic rings. The molecule has 3 heterocycles. The van der Waals surface area contributed by atoms with E-state index < -0.39 is 40.8 Å². The second-order valence-corrected chi connectivity index (χ2v) is 19.4. The number of Topliss-reactive ketones (excluding diaryl/α,β-unsaturated/α-hetero) is 2. The van der Waals surface area contributed by atoms with Crippen LogP contribution in [0.3, 0.4) is 0 Å². The Morgan fingerprint density at radius 3 is 2.41 bits per heavy atom. The van der Waals surface area contributed by atoms with Gasteiger partial charge in [-0.15, -0.1) is 17.9 Å². The Morgan fingerprint density at radius 1 is 1.03 bits per heavy atom. The van der Waals surface area contributed by atoms with Crippen molar-refractivity contribution in [3.8, 4) is 22.9 Å². The fourth-order valence-corrected chi connectivity index (χ4v) is 9.88. The van der Waals surface area contributed by atoms with Crippen molar-refractivity contribution in [2.45, 2.75) is 111 Å². The summed E-state index contributed by atoms with van der Waals surface area (Å²) >= 11 is 1.55. The van der Waals surface area contributed by atoms with Crippen molar-refractivity contribution < 1.29 is 43.3 Å². The molecule has 12 nitrogen and oxygen atoms in total. The number of carbonyl (C=O) groups is 5. The smallest absolute Gasteiger partial charge is 0.310 e. The standard InChI is InChI=1S/C45H55N3O9S/c1-8-28-19-45(28,43(53)54)20-38(50)37-16-31(21-48(37)42(52)33(44(5,6)7)17-41(51)57-30-13-26-12-27(26)14-30)56-39-18-35(36-23-58-40(47-36)11-24(2)3)46-34-15-29(9-10-32(34)39)55-22-25(4)49/h8-10,15,18,23-24,26-28,30-31,33,37H,1,11-14,16-17,19-22H2,2-7H3,(H,53,54)/t26-,27+,28?,30?,31?,33-,37+,45-/m1/s1. The lowest BCUT2D eigenvalue weighted by atomic mass is 9.77. The maximum atomic E-state index is 14.8. The zero-order valence-corrected chi connectivity index (χ0v) is 35.1. The van der Waals surface area contributed by atoms with Gasteiger partial charge in [0.15, 0.2) is 11.6 Å². The van der Waals surface area contributed by atoms with E-state index >= 15 is 0 Å². The summed E-state index contributed by atoms with van der Waals surface area (Å²) in [6.07, 6.45) is 4.57. The van der Waals surface area contributed by atoms with E-state index in [1.807, 2.05) is 32.2 Å². The lowest BCUT2D eigenvalue weighted by Gasteiger charge is -2.35. The minimum atomic E-state index is -1.26. The number of pyridine rings is 1. The molecule has 3 aliphatic carbocycles. The minimum absolute atomic E-state index is 0.0437. The molecular formula is C45H55N3O9S. The predicted octanol–water partition coefficient (Wildman–Crippen LogP) is 7.50. The van der Waals surface area contributed by atoms with Crippen molar-refractivity contribution >= 4 is 51.7 Å². The molecule has 0 spiro atoms.